The van der Waals surface area contributed by atoms with Gasteiger partial charge in [0, 0.05) is 25.9 Å². The van der Waals surface area contributed by atoms with Gasteiger partial charge in [-0.05, 0) is 31.6 Å². The first kappa shape index (κ1) is 21.2. The molecule has 158 valence electrons. The zero-order valence-electron chi connectivity index (χ0n) is 17.1. The molecule has 5 amide bonds. The molecule has 0 saturated carbocycles. The van der Waals surface area contributed by atoms with E-state index < -0.39 is 6.04 Å². The number of carbonyl (C=O) groups is 5. The average Bonchev–Trinajstić information content (AvgIpc) is 3.14. The molecule has 29 heavy (non-hydrogen) atoms. The molecule has 8 nitrogen and oxygen atoms in total. The third-order valence-corrected chi connectivity index (χ3v) is 5.86. The van der Waals surface area contributed by atoms with Gasteiger partial charge in [0.05, 0.1) is 11.8 Å². The highest BCUT2D eigenvalue weighted by Gasteiger charge is 2.51. The van der Waals surface area contributed by atoms with Crippen molar-refractivity contribution in [3.63, 3.8) is 0 Å². The minimum Gasteiger partial charge on any atom is -0.354 e. The summed E-state index contributed by atoms with van der Waals surface area (Å²) in [5.41, 5.74) is 0. The number of nitrogens with zero attached hydrogens (tertiary/aromatic N) is 2. The quantitative estimate of drug-likeness (QED) is 0.370. The fraction of sp³-hybridized carbons (Fsp3) is 0.667. The van der Waals surface area contributed by atoms with E-state index in [1.807, 2.05) is 26.0 Å². The highest BCUT2D eigenvalue weighted by Crippen LogP contribution is 2.37. The number of carbonyl (C=O) groups excluding carboxylic acids is 5. The summed E-state index contributed by atoms with van der Waals surface area (Å²) < 4.78 is 0. The lowest BCUT2D eigenvalue weighted by atomic mass is 9.85. The molecule has 2 heterocycles. The Balaban J connectivity index is 1.60. The molecule has 3 atom stereocenters. The van der Waals surface area contributed by atoms with Crippen LogP contribution in [0.15, 0.2) is 12.2 Å². The maximum absolute atomic E-state index is 12.9. The Morgan fingerprint density at radius 1 is 1.03 bits per heavy atom. The number of nitrogens with one attached hydrogen (secondary N) is 1. The number of hydrogen-bond acceptors (Lipinski definition) is 5. The van der Waals surface area contributed by atoms with E-state index in [9.17, 15) is 24.0 Å². The molecule has 0 spiro atoms. The molecule has 0 bridgehead atoms. The van der Waals surface area contributed by atoms with Crippen LogP contribution in [0.25, 0.3) is 0 Å². The summed E-state index contributed by atoms with van der Waals surface area (Å²) in [5, 5.41) is 2.79. The predicted molar refractivity (Wildman–Crippen MR) is 104 cm³/mol. The second kappa shape index (κ2) is 8.88. The first-order chi connectivity index (χ1) is 13.8. The second-order valence-corrected chi connectivity index (χ2v) is 8.43. The van der Waals surface area contributed by atoms with Gasteiger partial charge in [0.25, 0.3) is 0 Å². The smallest absolute Gasteiger partial charge is 0.243 e. The molecule has 2 fully saturated rings. The van der Waals surface area contributed by atoms with E-state index in [1.165, 1.54) is 9.80 Å². The highest BCUT2D eigenvalue weighted by molar-refractivity contribution is 6.08. The van der Waals surface area contributed by atoms with Gasteiger partial charge in [0.15, 0.2) is 0 Å². The maximum atomic E-state index is 12.9. The van der Waals surface area contributed by atoms with E-state index in [2.05, 4.69) is 5.32 Å². The minimum atomic E-state index is -0.823. The number of rotatable bonds is 8. The molecule has 1 N–H and O–H groups in total. The standard InChI is InChI=1S/C21H29N3O5/c1-13(2)12-16(24-20(28)14-6-3-4-7-15(14)21(24)29)19(27)22-10-5-11-23-17(25)8-9-18(23)26/h3-4,13-16H,5-12H2,1-2H3,(H,22,27). The van der Waals surface area contributed by atoms with Gasteiger partial charge in [-0.3, -0.25) is 33.8 Å². The van der Waals surface area contributed by atoms with E-state index in [0.717, 1.165) is 0 Å². The number of likely N-dealkylation sites (tertiary alicyclic amines) is 2. The van der Waals surface area contributed by atoms with E-state index >= 15 is 0 Å². The van der Waals surface area contributed by atoms with E-state index in [0.29, 0.717) is 25.7 Å². The number of hydrogen-bond donors (Lipinski definition) is 1. The molecule has 3 aliphatic rings. The van der Waals surface area contributed by atoms with Crippen LogP contribution >= 0.6 is 0 Å². The normalized spacial score (nSPS) is 25.2. The van der Waals surface area contributed by atoms with Crippen LogP contribution < -0.4 is 5.32 Å². The van der Waals surface area contributed by atoms with Gasteiger partial charge >= 0.3 is 0 Å². The van der Waals surface area contributed by atoms with Crippen LogP contribution in [-0.2, 0) is 24.0 Å². The van der Waals surface area contributed by atoms with Crippen LogP contribution in [0.3, 0.4) is 0 Å². The topological polar surface area (TPSA) is 104 Å². The summed E-state index contributed by atoms with van der Waals surface area (Å²) in [5.74, 6) is -1.80. The summed E-state index contributed by atoms with van der Waals surface area (Å²) in [6, 6.07) is -0.823. The maximum Gasteiger partial charge on any atom is 0.243 e. The summed E-state index contributed by atoms with van der Waals surface area (Å²) in [4.78, 5) is 64.3. The third-order valence-electron chi connectivity index (χ3n) is 5.86. The van der Waals surface area contributed by atoms with Crippen molar-refractivity contribution < 1.29 is 24.0 Å². The van der Waals surface area contributed by atoms with Gasteiger partial charge in [-0.25, -0.2) is 0 Å². The molecule has 2 saturated heterocycles. The summed E-state index contributed by atoms with van der Waals surface area (Å²) in [6.45, 7) is 4.44. The Morgan fingerprint density at radius 3 is 2.10 bits per heavy atom. The van der Waals surface area contributed by atoms with Crippen LogP contribution in [0.5, 0.6) is 0 Å². The van der Waals surface area contributed by atoms with Crippen molar-refractivity contribution in [2.45, 2.75) is 58.4 Å². The van der Waals surface area contributed by atoms with E-state index in [1.54, 1.807) is 0 Å². The Labute approximate surface area is 170 Å². The van der Waals surface area contributed by atoms with Gasteiger partial charge in [-0.1, -0.05) is 26.0 Å². The van der Waals surface area contributed by atoms with Crippen LogP contribution in [0.2, 0.25) is 0 Å². The van der Waals surface area contributed by atoms with Crippen LogP contribution in [0.1, 0.15) is 52.4 Å². The molecule has 0 radical (unpaired) electrons. The van der Waals surface area contributed by atoms with Gasteiger partial charge < -0.3 is 5.32 Å². The Hall–Kier alpha value is -2.51. The van der Waals surface area contributed by atoms with Gasteiger partial charge in [0.2, 0.25) is 29.5 Å². The minimum absolute atomic E-state index is 0.131. The van der Waals surface area contributed by atoms with E-state index in [4.69, 9.17) is 0 Å². The van der Waals surface area contributed by atoms with Crippen molar-refractivity contribution in [1.82, 2.24) is 15.1 Å². The van der Waals surface area contributed by atoms with Gasteiger partial charge in [-0.2, -0.15) is 0 Å². The summed E-state index contributed by atoms with van der Waals surface area (Å²) >= 11 is 0. The highest BCUT2D eigenvalue weighted by atomic mass is 16.2. The molecular formula is C21H29N3O5. The zero-order valence-corrected chi connectivity index (χ0v) is 17.1. The molecule has 0 aromatic carbocycles. The van der Waals surface area contributed by atoms with Crippen LogP contribution in [0, 0.1) is 17.8 Å². The fourth-order valence-corrected chi connectivity index (χ4v) is 4.35. The van der Waals surface area contributed by atoms with Crippen LogP contribution in [-0.4, -0.2) is 58.5 Å². The van der Waals surface area contributed by atoms with Gasteiger partial charge in [-0.15, -0.1) is 0 Å². The number of imide groups is 2. The van der Waals surface area contributed by atoms with Crippen molar-refractivity contribution in [3.8, 4) is 0 Å². The predicted octanol–water partition coefficient (Wildman–Crippen LogP) is 1.01. The van der Waals surface area contributed by atoms with Crippen LogP contribution in [0.4, 0.5) is 0 Å². The lowest BCUT2D eigenvalue weighted by Crippen LogP contribution is -2.51. The number of allylic oxidation sites excluding steroid dienone is 2. The molecule has 1 aliphatic carbocycles. The second-order valence-electron chi connectivity index (χ2n) is 8.43. The first-order valence-corrected chi connectivity index (χ1v) is 10.4. The van der Waals surface area contributed by atoms with Crippen molar-refractivity contribution in [1.29, 1.82) is 0 Å². The first-order valence-electron chi connectivity index (χ1n) is 10.4. The van der Waals surface area contributed by atoms with Gasteiger partial charge in [0.1, 0.15) is 6.04 Å². The molecule has 2 aliphatic heterocycles. The van der Waals surface area contributed by atoms with Crippen molar-refractivity contribution in [2.24, 2.45) is 17.8 Å². The average molecular weight is 403 g/mol. The van der Waals surface area contributed by atoms with Crippen molar-refractivity contribution in [3.05, 3.63) is 12.2 Å². The summed E-state index contributed by atoms with van der Waals surface area (Å²) in [6.07, 6.45) is 6.27. The Kier molecular flexibility index (Phi) is 6.49. The lowest BCUT2D eigenvalue weighted by Gasteiger charge is -2.27. The molecule has 3 rings (SSSR count). The van der Waals surface area contributed by atoms with E-state index in [-0.39, 0.29) is 73.2 Å². The molecular weight excluding hydrogens is 374 g/mol. The summed E-state index contributed by atoms with van der Waals surface area (Å²) in [7, 11) is 0. The SMILES string of the molecule is CC(C)CC(C(=O)NCCCN1C(=O)CCC1=O)N1C(=O)C2CC=CCC2C1=O. The number of fused-ring (bicyclic) bond motifs is 1. The van der Waals surface area contributed by atoms with Crippen molar-refractivity contribution >= 4 is 29.5 Å². The third kappa shape index (κ3) is 4.41. The molecule has 3 unspecified atom stereocenters. The number of amides is 5. The molecule has 0 aromatic rings. The Bertz CT molecular complexity index is 703. The zero-order chi connectivity index (χ0) is 21.1. The monoisotopic (exact) mass is 403 g/mol. The molecule has 8 heteroatoms. The lowest BCUT2D eigenvalue weighted by molar-refractivity contribution is -0.148. The largest absolute Gasteiger partial charge is 0.354 e. The molecule has 0 aromatic heterocycles. The Morgan fingerprint density at radius 2 is 1.59 bits per heavy atom. The van der Waals surface area contributed by atoms with Crippen molar-refractivity contribution in [2.75, 3.05) is 13.1 Å². The fourth-order valence-electron chi connectivity index (χ4n) is 4.35.